The Bertz CT molecular complexity index is 387. The maximum Gasteiger partial charge on any atom is 0.130 e. The van der Waals surface area contributed by atoms with Crippen molar-refractivity contribution in [2.75, 3.05) is 0 Å². The molecule has 0 aliphatic rings. The van der Waals surface area contributed by atoms with Crippen LogP contribution in [0.15, 0.2) is 24.3 Å². The number of fused-ring (bicyclic) bond motifs is 1. The lowest BCUT2D eigenvalue weighted by atomic mass is 10.2. The highest BCUT2D eigenvalue weighted by Gasteiger charge is 1.97. The van der Waals surface area contributed by atoms with E-state index in [0.29, 0.717) is 16.1 Å². The first-order valence-corrected chi connectivity index (χ1v) is 3.77. The van der Waals surface area contributed by atoms with E-state index in [1.807, 2.05) is 0 Å². The molecular weight excluding hydrogens is 177 g/mol. The lowest BCUT2D eigenvalue weighted by Crippen LogP contribution is -1.80. The largest absolute Gasteiger partial charge is 0.236 e. The van der Waals surface area contributed by atoms with E-state index in [9.17, 15) is 4.39 Å². The second-order valence-electron chi connectivity index (χ2n) is 2.38. The lowest BCUT2D eigenvalue weighted by Gasteiger charge is -1.95. The van der Waals surface area contributed by atoms with Crippen LogP contribution in [0.4, 0.5) is 4.39 Å². The normalized spacial score (nSPS) is 10.5. The van der Waals surface area contributed by atoms with Crippen molar-refractivity contribution in [1.82, 2.24) is 4.98 Å². The summed E-state index contributed by atoms with van der Waals surface area (Å²) in [7, 11) is 0. The van der Waals surface area contributed by atoms with Crippen LogP contribution in [0.3, 0.4) is 0 Å². The van der Waals surface area contributed by atoms with Crippen LogP contribution in [0.5, 0.6) is 0 Å². The van der Waals surface area contributed by atoms with E-state index in [1.54, 1.807) is 6.07 Å². The Balaban J connectivity index is 2.79. The molecular formula is C9H4ClFN. The average molecular weight is 181 g/mol. The molecule has 1 radical (unpaired) electrons. The number of rotatable bonds is 0. The summed E-state index contributed by atoms with van der Waals surface area (Å²) < 4.78 is 12.7. The second kappa shape index (κ2) is 2.72. The highest BCUT2D eigenvalue weighted by molar-refractivity contribution is 6.29. The highest BCUT2D eigenvalue weighted by Crippen LogP contribution is 2.15. The Hall–Kier alpha value is -1.15. The highest BCUT2D eigenvalue weighted by atomic mass is 35.5. The number of pyridine rings is 1. The molecule has 0 aliphatic carbocycles. The van der Waals surface area contributed by atoms with Gasteiger partial charge in [-0.15, -0.1) is 0 Å². The van der Waals surface area contributed by atoms with Gasteiger partial charge in [0, 0.05) is 5.39 Å². The van der Waals surface area contributed by atoms with E-state index in [4.69, 9.17) is 11.6 Å². The number of hydrogen-bond acceptors (Lipinski definition) is 1. The minimum Gasteiger partial charge on any atom is -0.236 e. The van der Waals surface area contributed by atoms with E-state index in [0.717, 1.165) is 0 Å². The van der Waals surface area contributed by atoms with E-state index in [-0.39, 0.29) is 5.82 Å². The van der Waals surface area contributed by atoms with Crippen LogP contribution in [-0.2, 0) is 0 Å². The minimum absolute atomic E-state index is 0.289. The first-order valence-electron chi connectivity index (χ1n) is 3.39. The summed E-state index contributed by atoms with van der Waals surface area (Å²) in [5.41, 5.74) is 0.656. The quantitative estimate of drug-likeness (QED) is 0.568. The third-order valence-corrected chi connectivity index (χ3v) is 1.73. The summed E-state index contributed by atoms with van der Waals surface area (Å²) in [4.78, 5) is 3.98. The van der Waals surface area contributed by atoms with Gasteiger partial charge >= 0.3 is 0 Å². The first-order chi connectivity index (χ1) is 5.75. The zero-order chi connectivity index (χ0) is 8.55. The molecule has 0 spiro atoms. The minimum atomic E-state index is -0.289. The van der Waals surface area contributed by atoms with Crippen LogP contribution in [0, 0.1) is 11.9 Å². The molecule has 1 aromatic carbocycles. The van der Waals surface area contributed by atoms with Crippen LogP contribution in [-0.4, -0.2) is 4.98 Å². The molecule has 2 rings (SSSR count). The Morgan fingerprint density at radius 3 is 3.08 bits per heavy atom. The van der Waals surface area contributed by atoms with Crippen LogP contribution in [0.25, 0.3) is 10.9 Å². The van der Waals surface area contributed by atoms with Gasteiger partial charge in [0.15, 0.2) is 0 Å². The van der Waals surface area contributed by atoms with Gasteiger partial charge in [-0.1, -0.05) is 11.6 Å². The van der Waals surface area contributed by atoms with Crippen molar-refractivity contribution in [3.63, 3.8) is 0 Å². The van der Waals surface area contributed by atoms with Gasteiger partial charge in [0.25, 0.3) is 0 Å². The molecule has 0 fully saturated rings. The molecule has 1 heterocycles. The molecule has 0 unspecified atom stereocenters. The number of nitrogens with zero attached hydrogens (tertiary/aromatic N) is 1. The van der Waals surface area contributed by atoms with Crippen molar-refractivity contribution >= 4 is 22.5 Å². The summed E-state index contributed by atoms with van der Waals surface area (Å²) in [6.45, 7) is 0. The smallest absolute Gasteiger partial charge is 0.130 e. The Labute approximate surface area is 73.8 Å². The predicted molar refractivity (Wildman–Crippen MR) is 45.5 cm³/mol. The summed E-state index contributed by atoms with van der Waals surface area (Å²) >= 11 is 5.62. The maximum absolute atomic E-state index is 12.7. The molecule has 12 heavy (non-hydrogen) atoms. The monoisotopic (exact) mass is 180 g/mol. The fourth-order valence-electron chi connectivity index (χ4n) is 1.01. The standard InChI is InChI=1S/C9H4ClFN/c10-9-4-1-6-5-7(11)2-3-8(6)12-9/h2-5H. The third-order valence-electron chi connectivity index (χ3n) is 1.53. The predicted octanol–water partition coefficient (Wildman–Crippen LogP) is 2.83. The molecule has 2 aromatic rings. The van der Waals surface area contributed by atoms with Crippen molar-refractivity contribution in [2.24, 2.45) is 0 Å². The van der Waals surface area contributed by atoms with Gasteiger partial charge in [0.1, 0.15) is 11.0 Å². The lowest BCUT2D eigenvalue weighted by molar-refractivity contribution is 0.629. The Morgan fingerprint density at radius 2 is 2.25 bits per heavy atom. The van der Waals surface area contributed by atoms with E-state index in [2.05, 4.69) is 11.1 Å². The fourth-order valence-corrected chi connectivity index (χ4v) is 1.15. The van der Waals surface area contributed by atoms with Gasteiger partial charge in [-0.05, 0) is 30.3 Å². The molecule has 59 valence electrons. The van der Waals surface area contributed by atoms with Crippen LogP contribution >= 0.6 is 11.6 Å². The molecule has 0 saturated carbocycles. The molecule has 0 aliphatic heterocycles. The van der Waals surface area contributed by atoms with Crippen molar-refractivity contribution < 1.29 is 4.39 Å². The summed E-state index contributed by atoms with van der Waals surface area (Å²) in [6, 6.07) is 8.64. The third kappa shape index (κ3) is 1.25. The molecule has 0 bridgehead atoms. The number of aromatic nitrogens is 1. The Kier molecular flexibility index (Phi) is 1.70. The summed E-state index contributed by atoms with van der Waals surface area (Å²) in [5.74, 6) is -0.289. The zero-order valence-corrected chi connectivity index (χ0v) is 6.77. The molecule has 0 amide bonds. The van der Waals surface area contributed by atoms with Gasteiger partial charge in [-0.25, -0.2) is 9.37 Å². The molecule has 0 saturated heterocycles. The van der Waals surface area contributed by atoms with E-state index >= 15 is 0 Å². The molecule has 0 atom stereocenters. The van der Waals surface area contributed by atoms with Gasteiger partial charge in [0.05, 0.1) is 5.52 Å². The van der Waals surface area contributed by atoms with Crippen LogP contribution in [0.2, 0.25) is 5.15 Å². The first kappa shape index (κ1) is 7.50. The topological polar surface area (TPSA) is 12.9 Å². The van der Waals surface area contributed by atoms with E-state index in [1.165, 1.54) is 18.2 Å². The van der Waals surface area contributed by atoms with Crippen molar-refractivity contribution in [1.29, 1.82) is 0 Å². The molecule has 1 aromatic heterocycles. The van der Waals surface area contributed by atoms with Crippen molar-refractivity contribution in [2.45, 2.75) is 0 Å². The number of hydrogen-bond donors (Lipinski definition) is 0. The maximum atomic E-state index is 12.7. The SMILES string of the molecule is Fc1ccc2nc(Cl)c[c]c2c1. The van der Waals surface area contributed by atoms with E-state index < -0.39 is 0 Å². The van der Waals surface area contributed by atoms with Crippen molar-refractivity contribution in [3.8, 4) is 0 Å². The molecule has 0 N–H and O–H groups in total. The van der Waals surface area contributed by atoms with Crippen molar-refractivity contribution in [3.05, 3.63) is 41.3 Å². The zero-order valence-electron chi connectivity index (χ0n) is 6.01. The number of halogens is 2. The van der Waals surface area contributed by atoms with Gasteiger partial charge in [0.2, 0.25) is 0 Å². The van der Waals surface area contributed by atoms with Gasteiger partial charge in [-0.3, -0.25) is 0 Å². The van der Waals surface area contributed by atoms with Gasteiger partial charge < -0.3 is 0 Å². The summed E-state index contributed by atoms with van der Waals surface area (Å²) in [5, 5.41) is 1.01. The molecule has 3 heteroatoms. The van der Waals surface area contributed by atoms with Crippen LogP contribution < -0.4 is 0 Å². The van der Waals surface area contributed by atoms with Crippen LogP contribution in [0.1, 0.15) is 0 Å². The fraction of sp³-hybridized carbons (Fsp3) is 0. The Morgan fingerprint density at radius 1 is 1.42 bits per heavy atom. The average Bonchev–Trinajstić information content (AvgIpc) is 2.05. The number of benzene rings is 1. The second-order valence-corrected chi connectivity index (χ2v) is 2.77. The summed E-state index contributed by atoms with van der Waals surface area (Å²) in [6.07, 6.45) is 0. The van der Waals surface area contributed by atoms with Gasteiger partial charge in [-0.2, -0.15) is 0 Å². The molecule has 1 nitrogen and oxygen atoms in total.